The van der Waals surface area contributed by atoms with Crippen molar-refractivity contribution in [3.05, 3.63) is 71.8 Å². The fraction of sp³-hybridized carbons (Fsp3) is 0.208. The van der Waals surface area contributed by atoms with Gasteiger partial charge in [-0.2, -0.15) is 0 Å². The number of halogens is 2. The van der Waals surface area contributed by atoms with E-state index in [1.54, 1.807) is 0 Å². The maximum atomic E-state index is 5.93. The predicted molar refractivity (Wildman–Crippen MR) is 128 cm³/mol. The van der Waals surface area contributed by atoms with E-state index in [1.807, 2.05) is 18.3 Å². The first kappa shape index (κ1) is 19.8. The van der Waals surface area contributed by atoms with Gasteiger partial charge in [-0.15, -0.1) is 23.2 Å². The van der Waals surface area contributed by atoms with Gasteiger partial charge >= 0.3 is 0 Å². The lowest BCUT2D eigenvalue weighted by Gasteiger charge is -2.23. The maximum absolute atomic E-state index is 5.93. The van der Waals surface area contributed by atoms with Crippen LogP contribution in [0.3, 0.4) is 0 Å². The number of benzene rings is 3. The van der Waals surface area contributed by atoms with Crippen molar-refractivity contribution in [3.63, 3.8) is 0 Å². The van der Waals surface area contributed by atoms with Crippen LogP contribution in [0.5, 0.6) is 0 Å². The molecule has 148 valence electrons. The predicted octanol–water partition coefficient (Wildman–Crippen LogP) is 6.66. The Hall–Kier alpha value is -2.49. The third-order valence-corrected chi connectivity index (χ3v) is 5.51. The van der Waals surface area contributed by atoms with Gasteiger partial charge in [-0.3, -0.25) is 4.99 Å². The van der Waals surface area contributed by atoms with Gasteiger partial charge in [0.15, 0.2) is 0 Å². The van der Waals surface area contributed by atoms with E-state index in [9.17, 15) is 0 Å². The highest BCUT2D eigenvalue weighted by atomic mass is 35.5. The van der Waals surface area contributed by atoms with Crippen molar-refractivity contribution in [3.8, 4) is 0 Å². The minimum atomic E-state index is 0.579. The molecule has 1 N–H and O–H groups in total. The van der Waals surface area contributed by atoms with Gasteiger partial charge in [0.05, 0.1) is 5.69 Å². The zero-order valence-electron chi connectivity index (χ0n) is 16.3. The lowest BCUT2D eigenvalue weighted by molar-refractivity contribution is 0.873. The average Bonchev–Trinajstić information content (AvgIpc) is 3.11. The van der Waals surface area contributed by atoms with Crippen LogP contribution in [0.1, 0.15) is 11.1 Å². The number of hydrogen-bond donors (Lipinski definition) is 1. The first-order valence-corrected chi connectivity index (χ1v) is 10.8. The van der Waals surface area contributed by atoms with E-state index in [4.69, 9.17) is 28.2 Å². The molecule has 0 saturated heterocycles. The van der Waals surface area contributed by atoms with Crippen LogP contribution in [0.25, 0.3) is 21.8 Å². The van der Waals surface area contributed by atoms with Crippen LogP contribution in [-0.4, -0.2) is 36.0 Å². The maximum Gasteiger partial charge on any atom is 0.0637 e. The highest BCUT2D eigenvalue weighted by Crippen LogP contribution is 2.29. The van der Waals surface area contributed by atoms with Gasteiger partial charge in [-0.1, -0.05) is 24.3 Å². The number of aromatic amines is 1. The summed E-state index contributed by atoms with van der Waals surface area (Å²) in [6.07, 6.45) is 1.93. The van der Waals surface area contributed by atoms with Gasteiger partial charge in [-0.05, 0) is 54.4 Å². The minimum absolute atomic E-state index is 0.579. The highest BCUT2D eigenvalue weighted by molar-refractivity contribution is 6.18. The molecular formula is C24H23Cl2N3. The number of para-hydroxylation sites is 1. The van der Waals surface area contributed by atoms with Crippen LogP contribution >= 0.6 is 23.2 Å². The van der Waals surface area contributed by atoms with Crippen molar-refractivity contribution in [1.29, 1.82) is 0 Å². The molecule has 3 nitrogen and oxygen atoms in total. The zero-order chi connectivity index (χ0) is 20.2. The number of anilines is 1. The molecule has 0 radical (unpaired) electrons. The Morgan fingerprint density at radius 1 is 0.897 bits per heavy atom. The molecular weight excluding hydrogens is 401 g/mol. The van der Waals surface area contributed by atoms with Gasteiger partial charge in [0.25, 0.3) is 0 Å². The smallest absolute Gasteiger partial charge is 0.0637 e. The third-order valence-electron chi connectivity index (χ3n) is 5.17. The van der Waals surface area contributed by atoms with E-state index < -0.39 is 0 Å². The molecule has 0 aliphatic rings. The van der Waals surface area contributed by atoms with Crippen LogP contribution in [0.2, 0.25) is 0 Å². The number of aryl methyl sites for hydroxylation is 1. The molecule has 5 heteroatoms. The second-order valence-corrected chi connectivity index (χ2v) is 7.82. The van der Waals surface area contributed by atoms with Crippen molar-refractivity contribution >= 4 is 62.6 Å². The molecule has 0 unspecified atom stereocenters. The fourth-order valence-corrected chi connectivity index (χ4v) is 4.04. The SMILES string of the molecule is Cc1cc(N(CCCl)CCCl)ccc1C=Nc1ccc2[nH]c3ccccc3c2c1. The number of rotatable bonds is 7. The van der Waals surface area contributed by atoms with Crippen molar-refractivity contribution in [2.45, 2.75) is 6.92 Å². The first-order valence-electron chi connectivity index (χ1n) is 9.71. The third kappa shape index (κ3) is 4.26. The normalized spacial score (nSPS) is 11.7. The Kier molecular flexibility index (Phi) is 6.08. The molecule has 0 spiro atoms. The Morgan fingerprint density at radius 2 is 1.66 bits per heavy atom. The Labute approximate surface area is 181 Å². The number of H-pyrrole nitrogens is 1. The average molecular weight is 424 g/mol. The van der Waals surface area contributed by atoms with E-state index in [1.165, 1.54) is 16.3 Å². The van der Waals surface area contributed by atoms with Gasteiger partial charge < -0.3 is 9.88 Å². The van der Waals surface area contributed by atoms with Crippen molar-refractivity contribution in [2.24, 2.45) is 4.99 Å². The van der Waals surface area contributed by atoms with Crippen molar-refractivity contribution < 1.29 is 0 Å². The number of aliphatic imine (C=N–C) groups is 1. The van der Waals surface area contributed by atoms with Crippen LogP contribution in [0, 0.1) is 6.92 Å². The molecule has 0 aliphatic carbocycles. The Morgan fingerprint density at radius 3 is 2.41 bits per heavy atom. The van der Waals surface area contributed by atoms with Crippen LogP contribution in [-0.2, 0) is 0 Å². The zero-order valence-corrected chi connectivity index (χ0v) is 17.8. The molecule has 1 heterocycles. The van der Waals surface area contributed by atoms with Gasteiger partial charge in [0.2, 0.25) is 0 Å². The molecule has 0 fully saturated rings. The van der Waals surface area contributed by atoms with Gasteiger partial charge in [-0.25, -0.2) is 0 Å². The molecule has 0 aliphatic heterocycles. The lowest BCUT2D eigenvalue weighted by atomic mass is 10.1. The highest BCUT2D eigenvalue weighted by Gasteiger charge is 2.07. The summed E-state index contributed by atoms with van der Waals surface area (Å²) in [4.78, 5) is 10.4. The van der Waals surface area contributed by atoms with E-state index >= 15 is 0 Å². The summed E-state index contributed by atoms with van der Waals surface area (Å²) in [7, 11) is 0. The Bertz CT molecular complexity index is 1160. The number of nitrogens with zero attached hydrogens (tertiary/aromatic N) is 2. The topological polar surface area (TPSA) is 31.4 Å². The van der Waals surface area contributed by atoms with Crippen molar-refractivity contribution in [2.75, 3.05) is 29.7 Å². The molecule has 0 bridgehead atoms. The van der Waals surface area contributed by atoms with Crippen molar-refractivity contribution in [1.82, 2.24) is 4.98 Å². The summed E-state index contributed by atoms with van der Waals surface area (Å²) >= 11 is 11.9. The standard InChI is InChI=1S/C24H23Cl2N3/c1-17-14-20(29(12-10-25)13-11-26)8-6-18(17)16-27-19-7-9-24-22(15-19)21-4-2-3-5-23(21)28-24/h2-9,14-16,28H,10-13H2,1H3. The fourth-order valence-electron chi connectivity index (χ4n) is 3.64. The molecule has 4 rings (SSSR count). The second-order valence-electron chi connectivity index (χ2n) is 7.06. The molecule has 1 aromatic heterocycles. The number of alkyl halides is 2. The van der Waals surface area contributed by atoms with E-state index in [2.05, 4.69) is 65.3 Å². The summed E-state index contributed by atoms with van der Waals surface area (Å²) < 4.78 is 0. The first-order chi connectivity index (χ1) is 14.2. The molecule has 0 atom stereocenters. The van der Waals surface area contributed by atoms with E-state index in [0.717, 1.165) is 41.1 Å². The molecule has 29 heavy (non-hydrogen) atoms. The molecule has 0 saturated carbocycles. The molecule has 3 aromatic carbocycles. The molecule has 0 amide bonds. The Balaban J connectivity index is 1.60. The van der Waals surface area contributed by atoms with Crippen LogP contribution in [0.4, 0.5) is 11.4 Å². The minimum Gasteiger partial charge on any atom is -0.369 e. The lowest BCUT2D eigenvalue weighted by Crippen LogP contribution is -2.27. The summed E-state index contributed by atoms with van der Waals surface area (Å²) in [6, 6.07) is 21.0. The summed E-state index contributed by atoms with van der Waals surface area (Å²) in [5.41, 5.74) is 6.63. The second kappa shape index (κ2) is 8.89. The van der Waals surface area contributed by atoms with Gasteiger partial charge in [0.1, 0.15) is 0 Å². The summed E-state index contributed by atoms with van der Waals surface area (Å²) in [6.45, 7) is 3.67. The molecule has 4 aromatic rings. The number of aromatic nitrogens is 1. The summed E-state index contributed by atoms with van der Waals surface area (Å²) in [5, 5.41) is 2.42. The van der Waals surface area contributed by atoms with Crippen LogP contribution < -0.4 is 4.90 Å². The van der Waals surface area contributed by atoms with E-state index in [0.29, 0.717) is 11.8 Å². The number of nitrogens with one attached hydrogen (secondary N) is 1. The number of fused-ring (bicyclic) bond motifs is 3. The van der Waals surface area contributed by atoms with Gasteiger partial charge in [0, 0.05) is 58.6 Å². The largest absolute Gasteiger partial charge is 0.369 e. The quantitative estimate of drug-likeness (QED) is 0.261. The number of hydrogen-bond acceptors (Lipinski definition) is 2. The monoisotopic (exact) mass is 423 g/mol. The van der Waals surface area contributed by atoms with E-state index in [-0.39, 0.29) is 0 Å². The summed E-state index contributed by atoms with van der Waals surface area (Å²) in [5.74, 6) is 1.16. The van der Waals surface area contributed by atoms with Crippen LogP contribution in [0.15, 0.2) is 65.7 Å².